The Morgan fingerprint density at radius 2 is 1.93 bits per heavy atom. The summed E-state index contributed by atoms with van der Waals surface area (Å²) in [5.74, 6) is -1.62. The van der Waals surface area contributed by atoms with Gasteiger partial charge in [-0.15, -0.1) is 0 Å². The Labute approximate surface area is 85.9 Å². The van der Waals surface area contributed by atoms with E-state index in [1.54, 1.807) is 24.3 Å². The summed E-state index contributed by atoms with van der Waals surface area (Å²) < 4.78 is 31.1. The van der Waals surface area contributed by atoms with Gasteiger partial charge in [0.15, 0.2) is 11.6 Å². The lowest BCUT2D eigenvalue weighted by molar-refractivity contribution is 0.416. The highest BCUT2D eigenvalue weighted by Gasteiger charge is 2.08. The molecule has 2 rings (SSSR count). The van der Waals surface area contributed by atoms with E-state index in [0.717, 1.165) is 6.07 Å². The maximum Gasteiger partial charge on any atom is 0.201 e. The van der Waals surface area contributed by atoms with Crippen molar-refractivity contribution in [2.24, 2.45) is 0 Å². The maximum atomic E-state index is 13.2. The molecule has 0 aliphatic rings. The van der Waals surface area contributed by atoms with Gasteiger partial charge in [-0.3, -0.25) is 0 Å². The van der Waals surface area contributed by atoms with Crippen LogP contribution in [-0.2, 0) is 0 Å². The van der Waals surface area contributed by atoms with E-state index in [0.29, 0.717) is 5.75 Å². The highest BCUT2D eigenvalue weighted by atomic mass is 19.2. The van der Waals surface area contributed by atoms with Crippen LogP contribution in [0.15, 0.2) is 42.5 Å². The molecule has 1 nitrogen and oxygen atoms in total. The molecule has 0 fully saturated rings. The molecule has 0 unspecified atom stereocenters. The summed E-state index contributed by atoms with van der Waals surface area (Å²) in [6.07, 6.45) is 0. The molecular formula is C12H7F2O. The summed E-state index contributed by atoms with van der Waals surface area (Å²) in [5.41, 5.74) is 0. The monoisotopic (exact) mass is 205 g/mol. The Morgan fingerprint density at radius 3 is 2.67 bits per heavy atom. The van der Waals surface area contributed by atoms with Crippen LogP contribution < -0.4 is 4.74 Å². The lowest BCUT2D eigenvalue weighted by Crippen LogP contribution is -1.90. The number of halogens is 2. The summed E-state index contributed by atoms with van der Waals surface area (Å²) >= 11 is 0. The fourth-order valence-corrected chi connectivity index (χ4v) is 1.13. The van der Waals surface area contributed by atoms with Crippen LogP contribution in [0.4, 0.5) is 8.78 Å². The van der Waals surface area contributed by atoms with Crippen LogP contribution in [0.3, 0.4) is 0 Å². The van der Waals surface area contributed by atoms with Gasteiger partial charge in [0.25, 0.3) is 0 Å². The van der Waals surface area contributed by atoms with Crippen molar-refractivity contribution in [3.63, 3.8) is 0 Å². The van der Waals surface area contributed by atoms with Crippen molar-refractivity contribution in [1.82, 2.24) is 0 Å². The van der Waals surface area contributed by atoms with E-state index in [9.17, 15) is 8.78 Å². The van der Waals surface area contributed by atoms with Gasteiger partial charge in [-0.1, -0.05) is 18.2 Å². The van der Waals surface area contributed by atoms with Gasteiger partial charge in [0, 0.05) is 0 Å². The molecule has 0 atom stereocenters. The third-order valence-corrected chi connectivity index (χ3v) is 1.82. The van der Waals surface area contributed by atoms with Crippen LogP contribution in [0, 0.1) is 17.7 Å². The molecule has 1 radical (unpaired) electrons. The van der Waals surface area contributed by atoms with E-state index in [4.69, 9.17) is 4.74 Å². The Bertz CT molecular complexity index is 454. The second-order valence-electron chi connectivity index (χ2n) is 2.89. The molecule has 0 bridgehead atoms. The van der Waals surface area contributed by atoms with Gasteiger partial charge in [-0.2, -0.15) is 4.39 Å². The molecule has 0 amide bonds. The summed E-state index contributed by atoms with van der Waals surface area (Å²) in [6.45, 7) is 0. The van der Waals surface area contributed by atoms with Crippen molar-refractivity contribution >= 4 is 0 Å². The average Bonchev–Trinajstić information content (AvgIpc) is 2.26. The molecule has 0 heterocycles. The van der Waals surface area contributed by atoms with Crippen molar-refractivity contribution < 1.29 is 13.5 Å². The number of rotatable bonds is 2. The highest BCUT2D eigenvalue weighted by molar-refractivity contribution is 5.31. The molecule has 75 valence electrons. The van der Waals surface area contributed by atoms with Crippen molar-refractivity contribution in [2.45, 2.75) is 0 Å². The molecular weight excluding hydrogens is 198 g/mol. The van der Waals surface area contributed by atoms with Crippen LogP contribution >= 0.6 is 0 Å². The molecule has 0 aromatic heterocycles. The molecule has 3 heteroatoms. The fraction of sp³-hybridized carbons (Fsp3) is 0. The van der Waals surface area contributed by atoms with E-state index in [-0.39, 0.29) is 5.75 Å². The van der Waals surface area contributed by atoms with Crippen molar-refractivity contribution in [3.8, 4) is 11.5 Å². The van der Waals surface area contributed by atoms with Crippen LogP contribution in [0.2, 0.25) is 0 Å². The summed E-state index contributed by atoms with van der Waals surface area (Å²) in [7, 11) is 0. The zero-order chi connectivity index (χ0) is 10.7. The van der Waals surface area contributed by atoms with E-state index in [1.165, 1.54) is 12.1 Å². The molecule has 0 aliphatic carbocycles. The summed E-state index contributed by atoms with van der Waals surface area (Å²) in [6, 6.07) is 13.1. The lowest BCUT2D eigenvalue weighted by atomic mass is 10.3. The Hall–Kier alpha value is -1.90. The van der Waals surface area contributed by atoms with Gasteiger partial charge < -0.3 is 4.74 Å². The Morgan fingerprint density at radius 1 is 1.07 bits per heavy atom. The van der Waals surface area contributed by atoms with Gasteiger partial charge in [-0.05, 0) is 30.3 Å². The second kappa shape index (κ2) is 4.09. The first-order valence-corrected chi connectivity index (χ1v) is 4.35. The largest absolute Gasteiger partial charge is 0.454 e. The normalized spacial score (nSPS) is 10.0. The number of ether oxygens (including phenoxy) is 1. The minimum Gasteiger partial charge on any atom is -0.454 e. The van der Waals surface area contributed by atoms with E-state index in [2.05, 4.69) is 6.07 Å². The predicted molar refractivity (Wildman–Crippen MR) is 51.7 cm³/mol. The predicted octanol–water partition coefficient (Wildman–Crippen LogP) is 3.56. The third kappa shape index (κ3) is 2.13. The zero-order valence-electron chi connectivity index (χ0n) is 7.71. The van der Waals surface area contributed by atoms with Gasteiger partial charge >= 0.3 is 0 Å². The van der Waals surface area contributed by atoms with Gasteiger partial charge in [0.05, 0.1) is 0 Å². The topological polar surface area (TPSA) is 9.23 Å². The lowest BCUT2D eigenvalue weighted by Gasteiger charge is -2.06. The van der Waals surface area contributed by atoms with Crippen LogP contribution in [0.5, 0.6) is 11.5 Å². The minimum atomic E-state index is -0.985. The van der Waals surface area contributed by atoms with E-state index >= 15 is 0 Å². The molecule has 15 heavy (non-hydrogen) atoms. The average molecular weight is 205 g/mol. The van der Waals surface area contributed by atoms with Crippen molar-refractivity contribution in [1.29, 1.82) is 0 Å². The Balaban J connectivity index is 2.29. The smallest absolute Gasteiger partial charge is 0.201 e. The van der Waals surface area contributed by atoms with Crippen LogP contribution in [-0.4, -0.2) is 0 Å². The van der Waals surface area contributed by atoms with Crippen molar-refractivity contribution in [3.05, 3.63) is 60.2 Å². The van der Waals surface area contributed by atoms with Gasteiger partial charge in [0.2, 0.25) is 5.82 Å². The molecule has 0 saturated carbocycles. The van der Waals surface area contributed by atoms with Gasteiger partial charge in [-0.25, -0.2) is 4.39 Å². The quantitative estimate of drug-likeness (QED) is 0.728. The zero-order valence-corrected chi connectivity index (χ0v) is 7.71. The number of hydrogen-bond donors (Lipinski definition) is 0. The van der Waals surface area contributed by atoms with Crippen LogP contribution in [0.1, 0.15) is 0 Å². The summed E-state index contributed by atoms with van der Waals surface area (Å²) in [4.78, 5) is 0. The highest BCUT2D eigenvalue weighted by Crippen LogP contribution is 2.25. The SMILES string of the molecule is Fc1cccc(Oc2c[c]ccc2)c1F. The number of benzene rings is 2. The first-order valence-electron chi connectivity index (χ1n) is 4.35. The summed E-state index contributed by atoms with van der Waals surface area (Å²) in [5, 5.41) is 0. The standard InChI is InChI=1S/C12H7F2O/c13-10-7-4-8-11(12(10)14)15-9-5-2-1-3-6-9/h1-2,4-8H. The molecule has 0 spiro atoms. The fourth-order valence-electron chi connectivity index (χ4n) is 1.13. The molecule has 2 aromatic carbocycles. The molecule has 0 aliphatic heterocycles. The van der Waals surface area contributed by atoms with E-state index < -0.39 is 11.6 Å². The molecule has 0 N–H and O–H groups in total. The van der Waals surface area contributed by atoms with Crippen molar-refractivity contribution in [2.75, 3.05) is 0 Å². The molecule has 2 aromatic rings. The van der Waals surface area contributed by atoms with E-state index in [1.807, 2.05) is 0 Å². The van der Waals surface area contributed by atoms with Gasteiger partial charge in [0.1, 0.15) is 5.75 Å². The minimum absolute atomic E-state index is 0.130. The second-order valence-corrected chi connectivity index (χ2v) is 2.89. The Kier molecular flexibility index (Phi) is 2.63. The third-order valence-electron chi connectivity index (χ3n) is 1.82. The molecule has 0 saturated heterocycles. The number of hydrogen-bond acceptors (Lipinski definition) is 1. The van der Waals surface area contributed by atoms with Crippen LogP contribution in [0.25, 0.3) is 0 Å². The first-order chi connectivity index (χ1) is 7.27. The maximum absolute atomic E-state index is 13.2. The first kappa shape index (κ1) is 9.65.